The van der Waals surface area contributed by atoms with Crippen molar-refractivity contribution in [1.82, 2.24) is 9.21 Å². The van der Waals surface area contributed by atoms with Gasteiger partial charge in [-0.1, -0.05) is 29.3 Å². The smallest absolute Gasteiger partial charge is 0.263 e. The number of carbonyl (C=O) groups is 1. The summed E-state index contributed by atoms with van der Waals surface area (Å²) in [7, 11) is -3.61. The fraction of sp³-hybridized carbons (Fsp3) is 0.316. The van der Waals surface area contributed by atoms with Gasteiger partial charge >= 0.3 is 0 Å². The van der Waals surface area contributed by atoms with Crippen molar-refractivity contribution in [2.45, 2.75) is 17.9 Å². The van der Waals surface area contributed by atoms with Crippen LogP contribution in [0.3, 0.4) is 0 Å². The van der Waals surface area contributed by atoms with Crippen molar-refractivity contribution in [2.75, 3.05) is 26.2 Å². The van der Waals surface area contributed by atoms with E-state index in [0.29, 0.717) is 28.9 Å². The summed E-state index contributed by atoms with van der Waals surface area (Å²) < 4.78 is 32.5. The molecule has 0 radical (unpaired) electrons. The number of ether oxygens (including phenoxy) is 1. The van der Waals surface area contributed by atoms with Crippen LogP contribution in [-0.4, -0.2) is 55.8 Å². The van der Waals surface area contributed by atoms with Crippen LogP contribution >= 0.6 is 23.2 Å². The second-order valence-corrected chi connectivity index (χ2v) is 9.21. The van der Waals surface area contributed by atoms with Gasteiger partial charge in [-0.25, -0.2) is 8.42 Å². The highest BCUT2D eigenvalue weighted by Crippen LogP contribution is 2.21. The van der Waals surface area contributed by atoms with E-state index in [2.05, 4.69) is 0 Å². The first-order valence-electron chi connectivity index (χ1n) is 8.74. The van der Waals surface area contributed by atoms with Gasteiger partial charge in [-0.15, -0.1) is 0 Å². The van der Waals surface area contributed by atoms with Gasteiger partial charge in [0.15, 0.2) is 6.10 Å². The number of sulfonamides is 1. The Balaban J connectivity index is 1.59. The number of hydrogen-bond acceptors (Lipinski definition) is 4. The Kier molecular flexibility index (Phi) is 6.50. The maximum Gasteiger partial charge on any atom is 0.263 e. The third kappa shape index (κ3) is 4.78. The van der Waals surface area contributed by atoms with Gasteiger partial charge in [0, 0.05) is 36.2 Å². The van der Waals surface area contributed by atoms with Crippen LogP contribution in [0, 0.1) is 0 Å². The van der Waals surface area contributed by atoms with E-state index in [0.717, 1.165) is 0 Å². The van der Waals surface area contributed by atoms with E-state index in [9.17, 15) is 13.2 Å². The third-order valence-electron chi connectivity index (χ3n) is 4.46. The monoisotopic (exact) mass is 442 g/mol. The molecule has 1 unspecified atom stereocenters. The van der Waals surface area contributed by atoms with Crippen molar-refractivity contribution >= 4 is 39.1 Å². The summed E-state index contributed by atoms with van der Waals surface area (Å²) in [5.41, 5.74) is 0. The molecule has 1 heterocycles. The Bertz CT molecular complexity index is 943. The maximum atomic E-state index is 12.7. The SMILES string of the molecule is CC(Oc1cccc(Cl)c1)C(=O)N1CCN(S(=O)(=O)c2ccc(Cl)cc2)CC1. The van der Waals surface area contributed by atoms with Crippen molar-refractivity contribution in [3.63, 3.8) is 0 Å². The van der Waals surface area contributed by atoms with Crippen LogP contribution in [0.1, 0.15) is 6.92 Å². The lowest BCUT2D eigenvalue weighted by atomic mass is 10.2. The summed E-state index contributed by atoms with van der Waals surface area (Å²) >= 11 is 11.8. The first-order chi connectivity index (χ1) is 13.3. The molecule has 28 heavy (non-hydrogen) atoms. The Labute approximate surface area is 174 Å². The minimum Gasteiger partial charge on any atom is -0.481 e. The van der Waals surface area contributed by atoms with Crippen LogP contribution < -0.4 is 4.74 Å². The molecule has 1 atom stereocenters. The molecule has 1 aliphatic rings. The molecule has 0 saturated carbocycles. The molecular weight excluding hydrogens is 423 g/mol. The van der Waals surface area contributed by atoms with E-state index in [-0.39, 0.29) is 23.9 Å². The van der Waals surface area contributed by atoms with Crippen molar-refractivity contribution in [2.24, 2.45) is 0 Å². The summed E-state index contributed by atoms with van der Waals surface area (Å²) in [6.07, 6.45) is -0.696. The second-order valence-electron chi connectivity index (χ2n) is 6.40. The second kappa shape index (κ2) is 8.69. The lowest BCUT2D eigenvalue weighted by molar-refractivity contribution is -0.139. The largest absolute Gasteiger partial charge is 0.481 e. The van der Waals surface area contributed by atoms with Crippen molar-refractivity contribution in [3.05, 3.63) is 58.6 Å². The van der Waals surface area contributed by atoms with Crippen LogP contribution in [0.2, 0.25) is 10.0 Å². The fourth-order valence-electron chi connectivity index (χ4n) is 2.96. The van der Waals surface area contributed by atoms with Gasteiger partial charge in [0.25, 0.3) is 5.91 Å². The molecule has 2 aromatic carbocycles. The predicted molar refractivity (Wildman–Crippen MR) is 108 cm³/mol. The van der Waals surface area contributed by atoms with E-state index in [1.807, 2.05) is 0 Å². The van der Waals surface area contributed by atoms with E-state index < -0.39 is 16.1 Å². The molecule has 0 bridgehead atoms. The summed E-state index contributed by atoms with van der Waals surface area (Å²) in [4.78, 5) is 14.4. The first-order valence-corrected chi connectivity index (χ1v) is 10.9. The molecule has 0 spiro atoms. The summed E-state index contributed by atoms with van der Waals surface area (Å²) in [6.45, 7) is 2.71. The van der Waals surface area contributed by atoms with E-state index in [4.69, 9.17) is 27.9 Å². The molecular formula is C19H20Cl2N2O4S. The van der Waals surface area contributed by atoms with Crippen molar-refractivity contribution < 1.29 is 17.9 Å². The molecule has 0 aliphatic carbocycles. The molecule has 1 amide bonds. The van der Waals surface area contributed by atoms with Gasteiger partial charge in [-0.3, -0.25) is 4.79 Å². The number of nitrogens with zero attached hydrogens (tertiary/aromatic N) is 2. The maximum absolute atomic E-state index is 12.7. The number of benzene rings is 2. The number of piperazine rings is 1. The minimum absolute atomic E-state index is 0.189. The topological polar surface area (TPSA) is 66.9 Å². The molecule has 0 aromatic heterocycles. The molecule has 1 fully saturated rings. The zero-order valence-electron chi connectivity index (χ0n) is 15.2. The van der Waals surface area contributed by atoms with Crippen molar-refractivity contribution in [3.8, 4) is 5.75 Å². The van der Waals surface area contributed by atoms with E-state index in [1.165, 1.54) is 16.4 Å². The van der Waals surface area contributed by atoms with Crippen LogP contribution in [0.15, 0.2) is 53.4 Å². The van der Waals surface area contributed by atoms with Gasteiger partial charge in [-0.2, -0.15) is 4.31 Å². The lowest BCUT2D eigenvalue weighted by Crippen LogP contribution is -2.53. The Morgan fingerprint density at radius 3 is 2.25 bits per heavy atom. The number of carbonyl (C=O) groups excluding carboxylic acids is 1. The highest BCUT2D eigenvalue weighted by Gasteiger charge is 2.32. The van der Waals surface area contributed by atoms with E-state index in [1.54, 1.807) is 48.2 Å². The minimum atomic E-state index is -3.61. The molecule has 6 nitrogen and oxygen atoms in total. The molecule has 0 N–H and O–H groups in total. The molecule has 3 rings (SSSR count). The molecule has 1 aliphatic heterocycles. The summed E-state index contributed by atoms with van der Waals surface area (Å²) in [5.74, 6) is 0.320. The third-order valence-corrected chi connectivity index (χ3v) is 6.86. The Hall–Kier alpha value is -1.80. The average molecular weight is 443 g/mol. The Morgan fingerprint density at radius 1 is 1.00 bits per heavy atom. The van der Waals surface area contributed by atoms with Gasteiger partial charge in [-0.05, 0) is 49.4 Å². The fourth-order valence-corrected chi connectivity index (χ4v) is 4.68. The molecule has 9 heteroatoms. The highest BCUT2D eigenvalue weighted by molar-refractivity contribution is 7.89. The number of hydrogen-bond donors (Lipinski definition) is 0. The van der Waals surface area contributed by atoms with Crippen LogP contribution in [0.25, 0.3) is 0 Å². The van der Waals surface area contributed by atoms with Gasteiger partial charge < -0.3 is 9.64 Å². The zero-order valence-corrected chi connectivity index (χ0v) is 17.5. The van der Waals surface area contributed by atoms with E-state index >= 15 is 0 Å². The van der Waals surface area contributed by atoms with Crippen LogP contribution in [0.5, 0.6) is 5.75 Å². The standard InChI is InChI=1S/C19H20Cl2N2O4S/c1-14(27-17-4-2-3-16(21)13-17)19(24)22-9-11-23(12-10-22)28(25,26)18-7-5-15(20)6-8-18/h2-8,13-14H,9-12H2,1H3. The Morgan fingerprint density at radius 2 is 1.64 bits per heavy atom. The summed E-state index contributed by atoms with van der Waals surface area (Å²) in [5, 5.41) is 1.00. The van der Waals surface area contributed by atoms with Gasteiger partial charge in [0.1, 0.15) is 5.75 Å². The van der Waals surface area contributed by atoms with Crippen molar-refractivity contribution in [1.29, 1.82) is 0 Å². The van der Waals surface area contributed by atoms with Crippen LogP contribution in [0.4, 0.5) is 0 Å². The zero-order chi connectivity index (χ0) is 20.3. The highest BCUT2D eigenvalue weighted by atomic mass is 35.5. The summed E-state index contributed by atoms with van der Waals surface area (Å²) in [6, 6.07) is 12.9. The molecule has 1 saturated heterocycles. The lowest BCUT2D eigenvalue weighted by Gasteiger charge is -2.35. The quantitative estimate of drug-likeness (QED) is 0.712. The average Bonchev–Trinajstić information content (AvgIpc) is 2.68. The van der Waals surface area contributed by atoms with Gasteiger partial charge in [0.2, 0.25) is 10.0 Å². The molecule has 2 aromatic rings. The van der Waals surface area contributed by atoms with Gasteiger partial charge in [0.05, 0.1) is 4.90 Å². The molecule has 150 valence electrons. The predicted octanol–water partition coefficient (Wildman–Crippen LogP) is 3.29. The van der Waals surface area contributed by atoms with Crippen LogP contribution in [-0.2, 0) is 14.8 Å². The number of amides is 1. The normalized spacial score (nSPS) is 16.6. The number of rotatable bonds is 5. The number of halogens is 2. The first kappa shape index (κ1) is 20.9.